The molecule has 4 heteroatoms. The van der Waals surface area contributed by atoms with Gasteiger partial charge in [-0.25, -0.2) is 0 Å². The van der Waals surface area contributed by atoms with Crippen LogP contribution in [0.15, 0.2) is 0 Å². The molecule has 0 spiro atoms. The third-order valence-corrected chi connectivity index (χ3v) is 3.78. The number of hydrogen-bond donors (Lipinski definition) is 1. The first kappa shape index (κ1) is 11.9. The van der Waals surface area contributed by atoms with Gasteiger partial charge in [-0.2, -0.15) is 0 Å². The minimum atomic E-state index is 0.149. The molecule has 0 saturated carbocycles. The Labute approximate surface area is 90.0 Å². The van der Waals surface area contributed by atoms with Crippen LogP contribution in [-0.4, -0.2) is 36.2 Å². The average molecular weight is 217 g/mol. The number of nitrogens with one attached hydrogen (secondary N) is 1. The van der Waals surface area contributed by atoms with E-state index in [0.29, 0.717) is 17.1 Å². The molecule has 2 unspecified atom stereocenters. The lowest BCUT2D eigenvalue weighted by Crippen LogP contribution is -2.27. The standard InChI is InChI=1S/C10H19NO2S/c1-3-5-11-10(12)7-14-9-4-6-13-8(9)2/h8-9H,3-7H2,1-2H3,(H,11,12). The van der Waals surface area contributed by atoms with Crippen molar-refractivity contribution in [3.63, 3.8) is 0 Å². The molecule has 82 valence electrons. The predicted molar refractivity (Wildman–Crippen MR) is 59.6 cm³/mol. The summed E-state index contributed by atoms with van der Waals surface area (Å²) in [5.41, 5.74) is 0. The van der Waals surface area contributed by atoms with E-state index in [4.69, 9.17) is 4.74 Å². The monoisotopic (exact) mass is 217 g/mol. The fourth-order valence-electron chi connectivity index (χ4n) is 1.43. The number of rotatable bonds is 5. The van der Waals surface area contributed by atoms with E-state index in [2.05, 4.69) is 19.2 Å². The van der Waals surface area contributed by atoms with Crippen LogP contribution >= 0.6 is 11.8 Å². The molecule has 1 rings (SSSR count). The summed E-state index contributed by atoms with van der Waals surface area (Å²) in [4.78, 5) is 11.3. The second-order valence-electron chi connectivity index (χ2n) is 3.56. The number of carbonyl (C=O) groups is 1. The molecular formula is C10H19NO2S. The van der Waals surface area contributed by atoms with Crippen molar-refractivity contribution in [2.24, 2.45) is 0 Å². The van der Waals surface area contributed by atoms with Crippen LogP contribution in [0.3, 0.4) is 0 Å². The highest BCUT2D eigenvalue weighted by atomic mass is 32.2. The van der Waals surface area contributed by atoms with E-state index >= 15 is 0 Å². The van der Waals surface area contributed by atoms with Gasteiger partial charge in [-0.3, -0.25) is 4.79 Å². The summed E-state index contributed by atoms with van der Waals surface area (Å²) in [5, 5.41) is 3.37. The summed E-state index contributed by atoms with van der Waals surface area (Å²) in [6.45, 7) is 5.76. The Balaban J connectivity index is 2.10. The first-order chi connectivity index (χ1) is 6.74. The van der Waals surface area contributed by atoms with Gasteiger partial charge in [0, 0.05) is 18.4 Å². The molecule has 0 bridgehead atoms. The molecule has 1 amide bonds. The summed E-state index contributed by atoms with van der Waals surface area (Å²) in [6.07, 6.45) is 2.38. The van der Waals surface area contributed by atoms with Crippen LogP contribution in [0.25, 0.3) is 0 Å². The SMILES string of the molecule is CCCNC(=O)CSC1CCOC1C. The largest absolute Gasteiger partial charge is 0.377 e. The molecule has 1 heterocycles. The Kier molecular flexibility index (Phi) is 5.33. The molecule has 0 aromatic carbocycles. The molecular weight excluding hydrogens is 198 g/mol. The van der Waals surface area contributed by atoms with Gasteiger partial charge in [0.1, 0.15) is 0 Å². The zero-order valence-corrected chi connectivity index (χ0v) is 9.73. The van der Waals surface area contributed by atoms with Gasteiger partial charge in [0.25, 0.3) is 0 Å². The second-order valence-corrected chi connectivity index (χ2v) is 4.79. The van der Waals surface area contributed by atoms with Crippen molar-refractivity contribution < 1.29 is 9.53 Å². The van der Waals surface area contributed by atoms with Crippen LogP contribution in [0.5, 0.6) is 0 Å². The van der Waals surface area contributed by atoms with Crippen molar-refractivity contribution in [1.29, 1.82) is 0 Å². The lowest BCUT2D eigenvalue weighted by molar-refractivity contribution is -0.118. The van der Waals surface area contributed by atoms with Gasteiger partial charge in [-0.15, -0.1) is 11.8 Å². The Morgan fingerprint density at radius 3 is 3.00 bits per heavy atom. The van der Waals surface area contributed by atoms with E-state index in [1.165, 1.54) is 0 Å². The Hall–Kier alpha value is -0.220. The number of ether oxygens (including phenoxy) is 1. The van der Waals surface area contributed by atoms with Gasteiger partial charge in [-0.05, 0) is 19.8 Å². The maximum Gasteiger partial charge on any atom is 0.230 e. The van der Waals surface area contributed by atoms with Crippen LogP contribution in [0.1, 0.15) is 26.7 Å². The molecule has 0 aliphatic carbocycles. The molecule has 1 aliphatic rings. The van der Waals surface area contributed by atoms with Crippen molar-refractivity contribution >= 4 is 17.7 Å². The Morgan fingerprint density at radius 1 is 1.64 bits per heavy atom. The lowest BCUT2D eigenvalue weighted by Gasteiger charge is -2.12. The summed E-state index contributed by atoms with van der Waals surface area (Å²) < 4.78 is 5.43. The van der Waals surface area contributed by atoms with Crippen molar-refractivity contribution in [1.82, 2.24) is 5.32 Å². The van der Waals surface area contributed by atoms with Gasteiger partial charge in [0.2, 0.25) is 5.91 Å². The number of carbonyl (C=O) groups excluding carboxylic acids is 1. The van der Waals surface area contributed by atoms with E-state index < -0.39 is 0 Å². The normalized spacial score (nSPS) is 26.4. The molecule has 1 N–H and O–H groups in total. The molecule has 0 aromatic heterocycles. The van der Waals surface area contributed by atoms with E-state index in [-0.39, 0.29) is 5.91 Å². The summed E-state index contributed by atoms with van der Waals surface area (Å²) in [7, 11) is 0. The highest BCUT2D eigenvalue weighted by Crippen LogP contribution is 2.25. The van der Waals surface area contributed by atoms with Crippen LogP contribution < -0.4 is 5.32 Å². The van der Waals surface area contributed by atoms with Crippen molar-refractivity contribution in [2.75, 3.05) is 18.9 Å². The fraction of sp³-hybridized carbons (Fsp3) is 0.900. The number of amides is 1. The minimum absolute atomic E-state index is 0.149. The average Bonchev–Trinajstić information content (AvgIpc) is 2.58. The first-order valence-corrected chi connectivity index (χ1v) is 6.28. The van der Waals surface area contributed by atoms with Crippen LogP contribution in [0.2, 0.25) is 0 Å². The highest BCUT2D eigenvalue weighted by Gasteiger charge is 2.24. The topological polar surface area (TPSA) is 38.3 Å². The molecule has 1 fully saturated rings. The van der Waals surface area contributed by atoms with Crippen molar-refractivity contribution in [3.8, 4) is 0 Å². The molecule has 1 aliphatic heterocycles. The highest BCUT2D eigenvalue weighted by molar-refractivity contribution is 8.00. The maximum atomic E-state index is 11.3. The smallest absolute Gasteiger partial charge is 0.230 e. The van der Waals surface area contributed by atoms with Gasteiger partial charge < -0.3 is 10.1 Å². The minimum Gasteiger partial charge on any atom is -0.377 e. The Morgan fingerprint density at radius 2 is 2.43 bits per heavy atom. The van der Waals surface area contributed by atoms with Gasteiger partial charge in [-0.1, -0.05) is 6.92 Å². The third kappa shape index (κ3) is 3.88. The van der Waals surface area contributed by atoms with Crippen LogP contribution in [0.4, 0.5) is 0 Å². The van der Waals surface area contributed by atoms with Gasteiger partial charge in [0.05, 0.1) is 11.9 Å². The van der Waals surface area contributed by atoms with E-state index in [1.54, 1.807) is 11.8 Å². The zero-order valence-electron chi connectivity index (χ0n) is 8.91. The van der Waals surface area contributed by atoms with Crippen molar-refractivity contribution in [3.05, 3.63) is 0 Å². The van der Waals surface area contributed by atoms with Crippen LogP contribution in [-0.2, 0) is 9.53 Å². The second kappa shape index (κ2) is 6.30. The number of thioether (sulfide) groups is 1. The molecule has 14 heavy (non-hydrogen) atoms. The third-order valence-electron chi connectivity index (χ3n) is 2.31. The molecule has 1 saturated heterocycles. The van der Waals surface area contributed by atoms with E-state index in [0.717, 1.165) is 26.0 Å². The van der Waals surface area contributed by atoms with Gasteiger partial charge >= 0.3 is 0 Å². The fourth-order valence-corrected chi connectivity index (χ4v) is 2.51. The molecule has 0 aromatic rings. The zero-order chi connectivity index (χ0) is 10.4. The van der Waals surface area contributed by atoms with E-state index in [9.17, 15) is 4.79 Å². The summed E-state index contributed by atoms with van der Waals surface area (Å²) >= 11 is 1.71. The van der Waals surface area contributed by atoms with Crippen molar-refractivity contribution in [2.45, 2.75) is 38.0 Å². The lowest BCUT2D eigenvalue weighted by atomic mass is 10.3. The quantitative estimate of drug-likeness (QED) is 0.757. The maximum absolute atomic E-state index is 11.3. The Bertz CT molecular complexity index is 187. The molecule has 0 radical (unpaired) electrons. The summed E-state index contributed by atoms with van der Waals surface area (Å²) in [5.74, 6) is 0.717. The molecule has 2 atom stereocenters. The van der Waals surface area contributed by atoms with E-state index in [1.807, 2.05) is 0 Å². The van der Waals surface area contributed by atoms with Crippen LogP contribution in [0, 0.1) is 0 Å². The first-order valence-electron chi connectivity index (χ1n) is 5.24. The predicted octanol–water partition coefficient (Wildman–Crippen LogP) is 1.42. The number of hydrogen-bond acceptors (Lipinski definition) is 3. The van der Waals surface area contributed by atoms with Gasteiger partial charge in [0.15, 0.2) is 0 Å². The summed E-state index contributed by atoms with van der Waals surface area (Å²) in [6, 6.07) is 0. The molecule has 3 nitrogen and oxygen atoms in total.